The van der Waals surface area contributed by atoms with Crippen LogP contribution in [0.4, 0.5) is 0 Å². The van der Waals surface area contributed by atoms with E-state index in [9.17, 15) is 0 Å². The zero-order valence-corrected chi connectivity index (χ0v) is 13.5. The highest BCUT2D eigenvalue weighted by Gasteiger charge is 2.52. The van der Waals surface area contributed by atoms with Crippen LogP contribution in [0.5, 0.6) is 5.75 Å². The van der Waals surface area contributed by atoms with E-state index in [1.165, 1.54) is 50.5 Å². The summed E-state index contributed by atoms with van der Waals surface area (Å²) < 4.78 is 6.58. The molecule has 21 heavy (non-hydrogen) atoms. The van der Waals surface area contributed by atoms with Crippen molar-refractivity contribution in [2.24, 2.45) is 17.8 Å². The summed E-state index contributed by atoms with van der Waals surface area (Å²) in [6.07, 6.45) is 9.58. The van der Waals surface area contributed by atoms with E-state index in [1.54, 1.807) is 0 Å². The number of benzene rings is 1. The van der Waals surface area contributed by atoms with Crippen molar-refractivity contribution < 1.29 is 4.74 Å². The summed E-state index contributed by atoms with van der Waals surface area (Å²) in [7, 11) is 0. The van der Waals surface area contributed by atoms with E-state index in [4.69, 9.17) is 4.74 Å². The number of hydrogen-bond acceptors (Lipinski definition) is 1. The molecule has 1 aromatic rings. The summed E-state index contributed by atoms with van der Waals surface area (Å²) >= 11 is 0. The molecule has 1 heteroatoms. The zero-order valence-electron chi connectivity index (χ0n) is 13.5. The predicted molar refractivity (Wildman–Crippen MR) is 86.7 cm³/mol. The smallest absolute Gasteiger partial charge is 0.120 e. The van der Waals surface area contributed by atoms with Crippen LogP contribution in [0.15, 0.2) is 24.3 Å². The molecule has 4 aliphatic rings. The highest BCUT2D eigenvalue weighted by Crippen LogP contribution is 2.57. The van der Waals surface area contributed by atoms with E-state index in [1.807, 2.05) is 0 Å². The van der Waals surface area contributed by atoms with Crippen molar-refractivity contribution in [2.45, 2.75) is 70.3 Å². The molecule has 4 aliphatic carbocycles. The number of ether oxygens (including phenoxy) is 1. The monoisotopic (exact) mass is 284 g/mol. The Balaban J connectivity index is 1.51. The van der Waals surface area contributed by atoms with E-state index in [0.29, 0.717) is 5.92 Å². The van der Waals surface area contributed by atoms with Crippen LogP contribution in [0, 0.1) is 17.8 Å². The summed E-state index contributed by atoms with van der Waals surface area (Å²) in [5, 5.41) is 0. The summed E-state index contributed by atoms with van der Waals surface area (Å²) in [5.74, 6) is 4.62. The van der Waals surface area contributed by atoms with Crippen molar-refractivity contribution in [1.29, 1.82) is 0 Å². The average molecular weight is 284 g/mol. The topological polar surface area (TPSA) is 9.23 Å². The van der Waals surface area contributed by atoms with Gasteiger partial charge in [0.2, 0.25) is 0 Å². The molecule has 1 nitrogen and oxygen atoms in total. The van der Waals surface area contributed by atoms with Gasteiger partial charge in [-0.15, -0.1) is 0 Å². The maximum absolute atomic E-state index is 6.58. The Kier molecular flexibility index (Phi) is 3.28. The summed E-state index contributed by atoms with van der Waals surface area (Å²) in [5.41, 5.74) is 1.63. The van der Waals surface area contributed by atoms with Crippen LogP contribution in [-0.4, -0.2) is 5.60 Å². The van der Waals surface area contributed by atoms with Crippen LogP contribution in [0.2, 0.25) is 0 Å². The minimum atomic E-state index is 0.187. The first-order valence-electron chi connectivity index (χ1n) is 8.95. The van der Waals surface area contributed by atoms with Gasteiger partial charge in [0.05, 0.1) is 0 Å². The largest absolute Gasteiger partial charge is 0.487 e. The fraction of sp³-hybridized carbons (Fsp3) is 0.700. The van der Waals surface area contributed by atoms with Gasteiger partial charge < -0.3 is 4.74 Å². The van der Waals surface area contributed by atoms with E-state index >= 15 is 0 Å². The highest BCUT2D eigenvalue weighted by molar-refractivity contribution is 5.30. The van der Waals surface area contributed by atoms with Crippen molar-refractivity contribution in [2.75, 3.05) is 0 Å². The lowest BCUT2D eigenvalue weighted by atomic mass is 9.54. The molecule has 1 atom stereocenters. The van der Waals surface area contributed by atoms with Gasteiger partial charge in [0, 0.05) is 0 Å². The van der Waals surface area contributed by atoms with Gasteiger partial charge >= 0.3 is 0 Å². The standard InChI is InChI=1S/C20H28O/c1-3-14(2)18-4-6-19(7-5-18)21-20-11-15-8-16(12-20)10-17(9-15)13-20/h4-7,14-17H,3,8-13H2,1-2H3. The quantitative estimate of drug-likeness (QED) is 0.704. The predicted octanol–water partition coefficient (Wildman–Crippen LogP) is 5.55. The first-order chi connectivity index (χ1) is 10.2. The first-order valence-corrected chi connectivity index (χ1v) is 8.95. The first kappa shape index (κ1) is 13.7. The second kappa shape index (κ2) is 5.04. The lowest BCUT2D eigenvalue weighted by molar-refractivity contribution is -0.107. The third-order valence-corrected chi connectivity index (χ3v) is 6.38. The lowest BCUT2D eigenvalue weighted by Crippen LogP contribution is -2.53. The van der Waals surface area contributed by atoms with Gasteiger partial charge in [-0.05, 0) is 86.3 Å². The van der Waals surface area contributed by atoms with Crippen LogP contribution < -0.4 is 4.74 Å². The molecule has 0 N–H and O–H groups in total. The minimum Gasteiger partial charge on any atom is -0.487 e. The molecule has 0 radical (unpaired) electrons. The molecule has 0 aliphatic heterocycles. The molecule has 0 aromatic heterocycles. The van der Waals surface area contributed by atoms with Crippen molar-refractivity contribution >= 4 is 0 Å². The average Bonchev–Trinajstić information content (AvgIpc) is 2.45. The van der Waals surface area contributed by atoms with Gasteiger partial charge in [-0.1, -0.05) is 26.0 Å². The Bertz CT molecular complexity index is 466. The molecular formula is C20H28O. The second-order valence-corrected chi connectivity index (χ2v) is 8.08. The molecular weight excluding hydrogens is 256 g/mol. The van der Waals surface area contributed by atoms with E-state index in [2.05, 4.69) is 38.1 Å². The molecule has 1 aromatic carbocycles. The van der Waals surface area contributed by atoms with Crippen LogP contribution in [-0.2, 0) is 0 Å². The molecule has 0 amide bonds. The molecule has 0 heterocycles. The molecule has 5 rings (SSSR count). The van der Waals surface area contributed by atoms with Gasteiger partial charge in [0.1, 0.15) is 11.4 Å². The molecule has 114 valence electrons. The van der Waals surface area contributed by atoms with Crippen LogP contribution >= 0.6 is 0 Å². The Morgan fingerprint density at radius 3 is 2.00 bits per heavy atom. The molecule has 4 saturated carbocycles. The Morgan fingerprint density at radius 2 is 1.52 bits per heavy atom. The third kappa shape index (κ3) is 2.49. The summed E-state index contributed by atoms with van der Waals surface area (Å²) in [4.78, 5) is 0. The van der Waals surface area contributed by atoms with Gasteiger partial charge in [-0.2, -0.15) is 0 Å². The van der Waals surface area contributed by atoms with Crippen molar-refractivity contribution in [1.82, 2.24) is 0 Å². The third-order valence-electron chi connectivity index (χ3n) is 6.38. The Hall–Kier alpha value is -0.980. The van der Waals surface area contributed by atoms with Crippen LogP contribution in [0.3, 0.4) is 0 Å². The molecule has 0 spiro atoms. The lowest BCUT2D eigenvalue weighted by Gasteiger charge is -2.56. The Labute approximate surface area is 129 Å². The number of rotatable bonds is 4. The van der Waals surface area contributed by atoms with Crippen LogP contribution in [0.1, 0.15) is 70.3 Å². The minimum absolute atomic E-state index is 0.187. The van der Waals surface area contributed by atoms with E-state index in [-0.39, 0.29) is 5.60 Å². The van der Waals surface area contributed by atoms with Gasteiger partial charge in [-0.3, -0.25) is 0 Å². The highest BCUT2D eigenvalue weighted by atomic mass is 16.5. The van der Waals surface area contributed by atoms with Crippen LogP contribution in [0.25, 0.3) is 0 Å². The molecule has 0 saturated heterocycles. The second-order valence-electron chi connectivity index (χ2n) is 8.08. The molecule has 1 unspecified atom stereocenters. The molecule has 4 bridgehead atoms. The SMILES string of the molecule is CCC(C)c1ccc(OC23CC4CC(CC(C4)C2)C3)cc1. The van der Waals surface area contributed by atoms with Gasteiger partial charge in [-0.25, -0.2) is 0 Å². The Morgan fingerprint density at radius 1 is 1.00 bits per heavy atom. The number of hydrogen-bond donors (Lipinski definition) is 0. The fourth-order valence-electron chi connectivity index (χ4n) is 5.51. The van der Waals surface area contributed by atoms with Gasteiger partial charge in [0.25, 0.3) is 0 Å². The van der Waals surface area contributed by atoms with Crippen molar-refractivity contribution in [3.8, 4) is 5.75 Å². The van der Waals surface area contributed by atoms with Crippen molar-refractivity contribution in [3.05, 3.63) is 29.8 Å². The maximum atomic E-state index is 6.58. The maximum Gasteiger partial charge on any atom is 0.120 e. The van der Waals surface area contributed by atoms with E-state index < -0.39 is 0 Å². The molecule has 4 fully saturated rings. The van der Waals surface area contributed by atoms with Gasteiger partial charge in [0.15, 0.2) is 0 Å². The zero-order chi connectivity index (χ0) is 14.4. The fourth-order valence-corrected chi connectivity index (χ4v) is 5.51. The van der Waals surface area contributed by atoms with Crippen molar-refractivity contribution in [3.63, 3.8) is 0 Å². The van der Waals surface area contributed by atoms with E-state index in [0.717, 1.165) is 23.5 Å². The summed E-state index contributed by atoms with van der Waals surface area (Å²) in [6, 6.07) is 8.95. The normalized spacial score (nSPS) is 38.5. The summed E-state index contributed by atoms with van der Waals surface area (Å²) in [6.45, 7) is 4.56.